The minimum Gasteiger partial charge on any atom is -0.299 e. The molecule has 114 valence electrons. The molecule has 3 nitrogen and oxygen atoms in total. The zero-order valence-corrected chi connectivity index (χ0v) is 14.3. The van der Waals surface area contributed by atoms with Gasteiger partial charge in [-0.2, -0.15) is 5.10 Å². The van der Waals surface area contributed by atoms with Gasteiger partial charge in [-0.1, -0.05) is 46.2 Å². The van der Waals surface area contributed by atoms with Crippen LogP contribution in [0.3, 0.4) is 0 Å². The Hall–Kier alpha value is -0.830. The minimum atomic E-state index is 0.245. The Labute approximate surface area is 127 Å². The number of rotatable bonds is 6. The van der Waals surface area contributed by atoms with E-state index in [1.165, 1.54) is 0 Å². The van der Waals surface area contributed by atoms with Crippen molar-refractivity contribution in [1.29, 1.82) is 0 Å². The van der Waals surface area contributed by atoms with E-state index in [1.807, 2.05) is 14.0 Å². The molecule has 0 bridgehead atoms. The molecular weight excluding hydrogens is 272 g/mol. The number of ketones is 1. The van der Waals surface area contributed by atoms with Gasteiger partial charge in [-0.25, -0.2) is 0 Å². The number of halogens is 1. The van der Waals surface area contributed by atoms with Gasteiger partial charge in [-0.05, 0) is 24.2 Å². The van der Waals surface area contributed by atoms with Gasteiger partial charge >= 0.3 is 0 Å². The van der Waals surface area contributed by atoms with Gasteiger partial charge in [-0.3, -0.25) is 9.48 Å². The molecule has 0 aliphatic rings. The number of nitrogens with zero attached hydrogens (tertiary/aromatic N) is 2. The van der Waals surface area contributed by atoms with Crippen molar-refractivity contribution >= 4 is 17.4 Å². The zero-order valence-electron chi connectivity index (χ0n) is 13.6. The average Bonchev–Trinajstić information content (AvgIpc) is 2.53. The highest BCUT2D eigenvalue weighted by atomic mass is 35.5. The summed E-state index contributed by atoms with van der Waals surface area (Å²) in [6.07, 6.45) is 2.84. The van der Waals surface area contributed by atoms with Gasteiger partial charge in [-0.15, -0.1) is 0 Å². The van der Waals surface area contributed by atoms with Crippen LogP contribution in [0.5, 0.6) is 0 Å². The maximum Gasteiger partial charge on any atom is 0.139 e. The van der Waals surface area contributed by atoms with Crippen molar-refractivity contribution in [3.05, 3.63) is 16.4 Å². The van der Waals surface area contributed by atoms with Crippen LogP contribution in [-0.2, 0) is 24.7 Å². The molecule has 0 amide bonds. The number of hydrogen-bond acceptors (Lipinski definition) is 2. The van der Waals surface area contributed by atoms with Crippen LogP contribution >= 0.6 is 11.6 Å². The first-order valence-electron chi connectivity index (χ1n) is 7.36. The second kappa shape index (κ2) is 6.75. The smallest absolute Gasteiger partial charge is 0.139 e. The van der Waals surface area contributed by atoms with Crippen molar-refractivity contribution in [2.24, 2.45) is 18.4 Å². The molecule has 1 aromatic heterocycles. The summed E-state index contributed by atoms with van der Waals surface area (Å²) in [5, 5.41) is 5.01. The lowest BCUT2D eigenvalue weighted by molar-refractivity contribution is -0.119. The van der Waals surface area contributed by atoms with Crippen LogP contribution in [0.15, 0.2) is 0 Å². The zero-order chi connectivity index (χ0) is 15.5. The average molecular weight is 299 g/mol. The lowest BCUT2D eigenvalue weighted by Crippen LogP contribution is -2.16. The van der Waals surface area contributed by atoms with E-state index in [0.29, 0.717) is 23.8 Å². The van der Waals surface area contributed by atoms with Crippen molar-refractivity contribution in [3.63, 3.8) is 0 Å². The molecule has 0 radical (unpaired) electrons. The van der Waals surface area contributed by atoms with Crippen molar-refractivity contribution in [2.75, 3.05) is 0 Å². The molecule has 0 fully saturated rings. The number of Topliss-reactive ketones (excluding diaryl/α,β-unsaturated/α-hetero) is 1. The third kappa shape index (κ3) is 4.93. The quantitative estimate of drug-likeness (QED) is 0.788. The summed E-state index contributed by atoms with van der Waals surface area (Å²) in [7, 11) is 1.85. The summed E-state index contributed by atoms with van der Waals surface area (Å²) in [5.41, 5.74) is 1.98. The lowest BCUT2D eigenvalue weighted by atomic mass is 9.83. The molecule has 1 unspecified atom stereocenters. The van der Waals surface area contributed by atoms with Crippen LogP contribution in [0.1, 0.15) is 58.8 Å². The molecule has 1 aromatic rings. The van der Waals surface area contributed by atoms with E-state index in [-0.39, 0.29) is 11.2 Å². The van der Waals surface area contributed by atoms with Crippen LogP contribution in [0, 0.1) is 11.3 Å². The Kier molecular flexibility index (Phi) is 5.81. The number of aromatic nitrogens is 2. The fourth-order valence-corrected chi connectivity index (χ4v) is 3.14. The monoisotopic (exact) mass is 298 g/mol. The largest absolute Gasteiger partial charge is 0.299 e. The number of carbonyl (C=O) groups excluding carboxylic acids is 1. The molecule has 0 saturated carbocycles. The Morgan fingerprint density at radius 1 is 1.40 bits per heavy atom. The first-order valence-corrected chi connectivity index (χ1v) is 7.73. The van der Waals surface area contributed by atoms with Crippen molar-refractivity contribution in [3.8, 4) is 0 Å². The van der Waals surface area contributed by atoms with E-state index in [2.05, 4.69) is 32.8 Å². The van der Waals surface area contributed by atoms with Gasteiger partial charge in [0.25, 0.3) is 0 Å². The van der Waals surface area contributed by atoms with Crippen LogP contribution in [0.4, 0.5) is 0 Å². The van der Waals surface area contributed by atoms with Crippen molar-refractivity contribution < 1.29 is 4.79 Å². The third-order valence-corrected chi connectivity index (χ3v) is 3.84. The number of hydrogen-bond donors (Lipinski definition) is 0. The first kappa shape index (κ1) is 17.2. The van der Waals surface area contributed by atoms with E-state index < -0.39 is 0 Å². The summed E-state index contributed by atoms with van der Waals surface area (Å²) >= 11 is 6.28. The molecule has 1 atom stereocenters. The molecule has 0 aliphatic carbocycles. The van der Waals surface area contributed by atoms with Gasteiger partial charge in [0.2, 0.25) is 0 Å². The fraction of sp³-hybridized carbons (Fsp3) is 0.750. The Morgan fingerprint density at radius 2 is 2.00 bits per heavy atom. The summed E-state index contributed by atoms with van der Waals surface area (Å²) in [4.78, 5) is 12.2. The molecule has 0 saturated heterocycles. The van der Waals surface area contributed by atoms with Gasteiger partial charge < -0.3 is 0 Å². The van der Waals surface area contributed by atoms with Crippen LogP contribution in [0.25, 0.3) is 0 Å². The van der Waals surface area contributed by atoms with Gasteiger partial charge in [0.1, 0.15) is 5.78 Å². The van der Waals surface area contributed by atoms with E-state index in [9.17, 15) is 4.79 Å². The van der Waals surface area contributed by atoms with E-state index in [0.717, 1.165) is 24.2 Å². The van der Waals surface area contributed by atoms with Crippen molar-refractivity contribution in [1.82, 2.24) is 9.78 Å². The summed E-state index contributed by atoms with van der Waals surface area (Å²) in [5.74, 6) is 0.648. The second-order valence-electron chi connectivity index (χ2n) is 6.97. The van der Waals surface area contributed by atoms with Crippen LogP contribution < -0.4 is 0 Å². The topological polar surface area (TPSA) is 34.9 Å². The number of aryl methyl sites for hydroxylation is 2. The Morgan fingerprint density at radius 3 is 2.45 bits per heavy atom. The SMILES string of the molecule is CCc1nn(C)c(CC(=O)CC(C)CC(C)(C)C)c1Cl. The Balaban J connectivity index is 2.65. The van der Waals surface area contributed by atoms with Gasteiger partial charge in [0, 0.05) is 19.9 Å². The molecule has 20 heavy (non-hydrogen) atoms. The number of carbonyl (C=O) groups is 1. The predicted octanol–water partition coefficient (Wildman–Crippen LogP) is 4.21. The van der Waals surface area contributed by atoms with Crippen molar-refractivity contribution in [2.45, 2.75) is 60.3 Å². The summed E-state index contributed by atoms with van der Waals surface area (Å²) in [6, 6.07) is 0. The normalized spacial score (nSPS) is 13.6. The van der Waals surface area contributed by atoms with Crippen LogP contribution in [0.2, 0.25) is 5.02 Å². The highest BCUT2D eigenvalue weighted by molar-refractivity contribution is 6.32. The molecule has 1 rings (SSSR count). The standard InChI is InChI=1S/C16H27ClN2O/c1-7-13-15(17)14(19(6)18-13)9-12(20)8-11(2)10-16(3,4)5/h11H,7-10H2,1-6H3. The highest BCUT2D eigenvalue weighted by Gasteiger charge is 2.20. The maximum absolute atomic E-state index is 12.2. The molecule has 4 heteroatoms. The van der Waals surface area contributed by atoms with Crippen LogP contribution in [-0.4, -0.2) is 15.6 Å². The van der Waals surface area contributed by atoms with E-state index in [4.69, 9.17) is 11.6 Å². The van der Waals surface area contributed by atoms with Gasteiger partial charge in [0.15, 0.2) is 0 Å². The minimum absolute atomic E-state index is 0.245. The molecule has 0 spiro atoms. The first-order chi connectivity index (χ1) is 9.14. The Bertz CT molecular complexity index is 472. The molecule has 0 aromatic carbocycles. The summed E-state index contributed by atoms with van der Waals surface area (Å²) in [6.45, 7) is 10.8. The van der Waals surface area contributed by atoms with E-state index in [1.54, 1.807) is 4.68 Å². The molecule has 0 aliphatic heterocycles. The van der Waals surface area contributed by atoms with E-state index >= 15 is 0 Å². The third-order valence-electron chi connectivity index (χ3n) is 3.40. The maximum atomic E-state index is 12.2. The fourth-order valence-electron chi connectivity index (χ4n) is 2.78. The molecule has 1 heterocycles. The second-order valence-corrected chi connectivity index (χ2v) is 7.35. The summed E-state index contributed by atoms with van der Waals surface area (Å²) < 4.78 is 1.74. The predicted molar refractivity (Wildman–Crippen MR) is 84.2 cm³/mol. The van der Waals surface area contributed by atoms with Gasteiger partial charge in [0.05, 0.1) is 16.4 Å². The molecular formula is C16H27ClN2O. The molecule has 0 N–H and O–H groups in total. The lowest BCUT2D eigenvalue weighted by Gasteiger charge is -2.22. The highest BCUT2D eigenvalue weighted by Crippen LogP contribution is 2.27.